The first-order valence-corrected chi connectivity index (χ1v) is 4.88. The second-order valence-electron chi connectivity index (χ2n) is 3.27. The van der Waals surface area contributed by atoms with Crippen molar-refractivity contribution in [2.24, 2.45) is 5.73 Å². The van der Waals surface area contributed by atoms with Crippen LogP contribution in [-0.4, -0.2) is 23.3 Å². The molecule has 5 N–H and O–H groups in total. The average molecular weight is 222 g/mol. The lowest BCUT2D eigenvalue weighted by Gasteiger charge is -2.03. The van der Waals surface area contributed by atoms with Crippen molar-refractivity contribution in [2.75, 3.05) is 12.3 Å². The number of pyridine rings is 1. The summed E-state index contributed by atoms with van der Waals surface area (Å²) in [5.74, 6) is -0.391. The van der Waals surface area contributed by atoms with Crippen molar-refractivity contribution in [3.05, 3.63) is 23.9 Å². The maximum Gasteiger partial charge on any atom is 0.269 e. The molecule has 1 heterocycles. The van der Waals surface area contributed by atoms with Crippen molar-refractivity contribution in [3.63, 3.8) is 0 Å². The zero-order valence-electron chi connectivity index (χ0n) is 8.77. The summed E-state index contributed by atoms with van der Waals surface area (Å²) in [6.45, 7) is 0.387. The Balaban J connectivity index is 2.38. The van der Waals surface area contributed by atoms with Gasteiger partial charge >= 0.3 is 0 Å². The Bertz CT molecular complexity index is 392. The number of carbonyl (C=O) groups excluding carboxylic acids is 2. The molecule has 0 aromatic carbocycles. The highest BCUT2D eigenvalue weighted by atomic mass is 16.2. The van der Waals surface area contributed by atoms with Gasteiger partial charge in [0, 0.05) is 13.0 Å². The average Bonchev–Trinajstić information content (AvgIpc) is 2.24. The number of aromatic nitrogens is 1. The van der Waals surface area contributed by atoms with E-state index in [1.165, 1.54) is 0 Å². The van der Waals surface area contributed by atoms with Crippen molar-refractivity contribution in [3.8, 4) is 0 Å². The third-order valence-corrected chi connectivity index (χ3v) is 1.89. The van der Waals surface area contributed by atoms with Crippen LogP contribution in [0.25, 0.3) is 0 Å². The van der Waals surface area contributed by atoms with E-state index in [1.54, 1.807) is 18.2 Å². The minimum atomic E-state index is -0.378. The predicted molar refractivity (Wildman–Crippen MR) is 59.4 cm³/mol. The highest BCUT2D eigenvalue weighted by Crippen LogP contribution is 2.00. The van der Waals surface area contributed by atoms with E-state index in [0.29, 0.717) is 18.8 Å². The number of anilines is 1. The quantitative estimate of drug-likeness (QED) is 0.591. The van der Waals surface area contributed by atoms with Gasteiger partial charge in [-0.3, -0.25) is 9.59 Å². The molecule has 0 fully saturated rings. The minimum absolute atomic E-state index is 0.255. The number of rotatable bonds is 5. The van der Waals surface area contributed by atoms with Crippen LogP contribution in [-0.2, 0) is 4.79 Å². The lowest BCUT2D eigenvalue weighted by atomic mass is 10.3. The van der Waals surface area contributed by atoms with Gasteiger partial charge in [0.1, 0.15) is 11.5 Å². The van der Waals surface area contributed by atoms with Crippen LogP contribution in [0.1, 0.15) is 23.3 Å². The van der Waals surface area contributed by atoms with Crippen LogP contribution in [0.2, 0.25) is 0 Å². The lowest BCUT2D eigenvalue weighted by Crippen LogP contribution is -2.26. The standard InChI is InChI=1S/C10H14N4O2/c11-8-4-1-3-7(14-8)10(16)13-6-2-5-9(12)15/h1,3-4H,2,5-6H2,(H2,11,14)(H2,12,15)(H,13,16). The minimum Gasteiger partial charge on any atom is -0.384 e. The Hall–Kier alpha value is -2.11. The summed E-state index contributed by atoms with van der Waals surface area (Å²) < 4.78 is 0. The van der Waals surface area contributed by atoms with Crippen LogP contribution in [0.4, 0.5) is 5.82 Å². The first kappa shape index (κ1) is 12.0. The number of nitrogens with one attached hydrogen (secondary N) is 1. The Labute approximate surface area is 93.0 Å². The first-order chi connectivity index (χ1) is 7.59. The molecule has 0 aliphatic heterocycles. The van der Waals surface area contributed by atoms with Gasteiger partial charge in [-0.05, 0) is 18.6 Å². The molecule has 0 bridgehead atoms. The molecule has 0 unspecified atom stereocenters. The van der Waals surface area contributed by atoms with E-state index in [0.717, 1.165) is 0 Å². The molecular weight excluding hydrogens is 208 g/mol. The number of nitrogens with zero attached hydrogens (tertiary/aromatic N) is 1. The van der Waals surface area contributed by atoms with E-state index >= 15 is 0 Å². The number of nitrogens with two attached hydrogens (primary N) is 2. The Morgan fingerprint density at radius 1 is 1.38 bits per heavy atom. The molecule has 2 amide bonds. The number of nitrogen functional groups attached to an aromatic ring is 1. The molecule has 1 aromatic rings. The van der Waals surface area contributed by atoms with Crippen molar-refractivity contribution >= 4 is 17.6 Å². The van der Waals surface area contributed by atoms with Crippen LogP contribution in [0.15, 0.2) is 18.2 Å². The van der Waals surface area contributed by atoms with E-state index in [-0.39, 0.29) is 23.9 Å². The fourth-order valence-corrected chi connectivity index (χ4v) is 1.13. The summed E-state index contributed by atoms with van der Waals surface area (Å²) in [4.78, 5) is 25.8. The molecular formula is C10H14N4O2. The zero-order chi connectivity index (χ0) is 12.0. The second kappa shape index (κ2) is 5.69. The van der Waals surface area contributed by atoms with Gasteiger partial charge in [0.2, 0.25) is 5.91 Å². The van der Waals surface area contributed by atoms with E-state index in [4.69, 9.17) is 11.5 Å². The molecule has 1 rings (SSSR count). The summed E-state index contributed by atoms with van der Waals surface area (Å²) in [7, 11) is 0. The SMILES string of the molecule is NC(=O)CCCNC(=O)c1cccc(N)n1. The molecule has 0 atom stereocenters. The number of primary amides is 1. The maximum atomic E-state index is 11.5. The molecule has 0 radical (unpaired) electrons. The molecule has 0 saturated heterocycles. The van der Waals surface area contributed by atoms with Gasteiger partial charge in [-0.25, -0.2) is 4.98 Å². The molecule has 1 aromatic heterocycles. The molecule has 0 spiro atoms. The monoisotopic (exact) mass is 222 g/mol. The maximum absolute atomic E-state index is 11.5. The molecule has 86 valence electrons. The summed E-state index contributed by atoms with van der Waals surface area (Å²) in [6.07, 6.45) is 0.772. The third-order valence-electron chi connectivity index (χ3n) is 1.89. The van der Waals surface area contributed by atoms with Crippen LogP contribution in [0.3, 0.4) is 0 Å². The van der Waals surface area contributed by atoms with Crippen molar-refractivity contribution in [1.29, 1.82) is 0 Å². The number of hydrogen-bond acceptors (Lipinski definition) is 4. The highest BCUT2D eigenvalue weighted by Gasteiger charge is 2.06. The molecule has 0 aliphatic rings. The Morgan fingerprint density at radius 3 is 2.75 bits per heavy atom. The van der Waals surface area contributed by atoms with Crippen molar-refractivity contribution < 1.29 is 9.59 Å². The lowest BCUT2D eigenvalue weighted by molar-refractivity contribution is -0.118. The summed E-state index contributed by atoms with van der Waals surface area (Å²) in [5, 5.41) is 2.62. The zero-order valence-corrected chi connectivity index (χ0v) is 8.77. The van der Waals surface area contributed by atoms with Gasteiger partial charge in [0.25, 0.3) is 5.91 Å². The Kier molecular flexibility index (Phi) is 4.26. The normalized spacial score (nSPS) is 9.75. The Morgan fingerprint density at radius 2 is 2.12 bits per heavy atom. The fraction of sp³-hybridized carbons (Fsp3) is 0.300. The predicted octanol–water partition coefficient (Wildman–Crippen LogP) is -0.341. The van der Waals surface area contributed by atoms with Crippen LogP contribution in [0, 0.1) is 0 Å². The van der Waals surface area contributed by atoms with Gasteiger partial charge in [-0.2, -0.15) is 0 Å². The van der Waals surface area contributed by atoms with Crippen molar-refractivity contribution in [2.45, 2.75) is 12.8 Å². The van der Waals surface area contributed by atoms with Crippen LogP contribution < -0.4 is 16.8 Å². The van der Waals surface area contributed by atoms with E-state index < -0.39 is 0 Å². The van der Waals surface area contributed by atoms with Crippen LogP contribution in [0.5, 0.6) is 0 Å². The number of hydrogen-bond donors (Lipinski definition) is 3. The smallest absolute Gasteiger partial charge is 0.269 e. The van der Waals surface area contributed by atoms with Gasteiger partial charge in [-0.1, -0.05) is 6.07 Å². The molecule has 0 aliphatic carbocycles. The second-order valence-corrected chi connectivity index (χ2v) is 3.27. The van der Waals surface area contributed by atoms with Gasteiger partial charge < -0.3 is 16.8 Å². The van der Waals surface area contributed by atoms with E-state index in [1.807, 2.05) is 0 Å². The van der Waals surface area contributed by atoms with E-state index in [9.17, 15) is 9.59 Å². The van der Waals surface area contributed by atoms with Crippen LogP contribution >= 0.6 is 0 Å². The van der Waals surface area contributed by atoms with Crippen molar-refractivity contribution in [1.82, 2.24) is 10.3 Å². The first-order valence-electron chi connectivity index (χ1n) is 4.88. The topological polar surface area (TPSA) is 111 Å². The molecule has 6 nitrogen and oxygen atoms in total. The largest absolute Gasteiger partial charge is 0.384 e. The number of amides is 2. The summed E-state index contributed by atoms with van der Waals surface area (Å²) in [6, 6.07) is 4.82. The molecule has 0 saturated carbocycles. The van der Waals surface area contributed by atoms with E-state index in [2.05, 4.69) is 10.3 Å². The molecule has 16 heavy (non-hydrogen) atoms. The van der Waals surface area contributed by atoms with Gasteiger partial charge in [0.15, 0.2) is 0 Å². The molecule has 6 heteroatoms. The third kappa shape index (κ3) is 3.95. The fourth-order valence-electron chi connectivity index (χ4n) is 1.13. The highest BCUT2D eigenvalue weighted by molar-refractivity contribution is 5.92. The van der Waals surface area contributed by atoms with Gasteiger partial charge in [0.05, 0.1) is 0 Å². The number of carbonyl (C=O) groups is 2. The van der Waals surface area contributed by atoms with Gasteiger partial charge in [-0.15, -0.1) is 0 Å². The summed E-state index contributed by atoms with van der Waals surface area (Å²) >= 11 is 0. The summed E-state index contributed by atoms with van der Waals surface area (Å²) in [5.41, 5.74) is 10.7.